The summed E-state index contributed by atoms with van der Waals surface area (Å²) in [5, 5.41) is 11.0. The smallest absolute Gasteiger partial charge is 0.338 e. The predicted octanol–water partition coefficient (Wildman–Crippen LogP) is 4.15. The third-order valence-electron chi connectivity index (χ3n) is 3.03. The fraction of sp³-hybridized carbons (Fsp3) is 0.545. The van der Waals surface area contributed by atoms with Crippen molar-refractivity contribution in [3.05, 3.63) is 20.8 Å². The minimum Gasteiger partial charge on any atom is -0.478 e. The first-order valence-corrected chi connectivity index (χ1v) is 6.46. The molecule has 1 aromatic rings. The maximum atomic E-state index is 11.1. The SMILES string of the molecule is O=C(O)c1c(C2CCCCC2)csc1Cl. The summed E-state index contributed by atoms with van der Waals surface area (Å²) in [7, 11) is 0. The molecule has 1 fully saturated rings. The van der Waals surface area contributed by atoms with Crippen molar-refractivity contribution in [1.29, 1.82) is 0 Å². The lowest BCUT2D eigenvalue weighted by molar-refractivity contribution is 0.0695. The lowest BCUT2D eigenvalue weighted by Gasteiger charge is -2.21. The van der Waals surface area contributed by atoms with Crippen LogP contribution in [0, 0.1) is 0 Å². The molecule has 0 bridgehead atoms. The zero-order valence-electron chi connectivity index (χ0n) is 8.33. The van der Waals surface area contributed by atoms with Crippen molar-refractivity contribution >= 4 is 28.9 Å². The topological polar surface area (TPSA) is 37.3 Å². The quantitative estimate of drug-likeness (QED) is 0.849. The van der Waals surface area contributed by atoms with E-state index >= 15 is 0 Å². The van der Waals surface area contributed by atoms with Gasteiger partial charge >= 0.3 is 5.97 Å². The second kappa shape index (κ2) is 4.54. The molecule has 2 nitrogen and oxygen atoms in total. The van der Waals surface area contributed by atoms with E-state index in [-0.39, 0.29) is 0 Å². The Hall–Kier alpha value is -0.540. The average molecular weight is 245 g/mol. The monoisotopic (exact) mass is 244 g/mol. The Morgan fingerprint density at radius 2 is 2.07 bits per heavy atom. The Balaban J connectivity index is 2.30. The van der Waals surface area contributed by atoms with Gasteiger partial charge in [-0.1, -0.05) is 30.9 Å². The predicted molar refractivity (Wildman–Crippen MR) is 62.1 cm³/mol. The lowest BCUT2D eigenvalue weighted by Crippen LogP contribution is -2.08. The van der Waals surface area contributed by atoms with E-state index in [1.807, 2.05) is 5.38 Å². The molecule has 0 atom stereocenters. The van der Waals surface area contributed by atoms with Crippen molar-refractivity contribution in [1.82, 2.24) is 0 Å². The van der Waals surface area contributed by atoms with Crippen molar-refractivity contribution in [3.63, 3.8) is 0 Å². The highest BCUT2D eigenvalue weighted by atomic mass is 35.5. The molecule has 1 aliphatic rings. The molecule has 0 unspecified atom stereocenters. The molecule has 1 saturated carbocycles. The largest absolute Gasteiger partial charge is 0.478 e. The number of halogens is 1. The molecular weight excluding hydrogens is 232 g/mol. The Morgan fingerprint density at radius 1 is 1.40 bits per heavy atom. The number of hydrogen-bond donors (Lipinski definition) is 1. The number of carbonyl (C=O) groups is 1. The van der Waals surface area contributed by atoms with E-state index in [0.717, 1.165) is 18.4 Å². The number of hydrogen-bond acceptors (Lipinski definition) is 2. The summed E-state index contributed by atoms with van der Waals surface area (Å²) in [5.41, 5.74) is 1.30. The fourth-order valence-electron chi connectivity index (χ4n) is 2.27. The zero-order valence-corrected chi connectivity index (χ0v) is 9.90. The van der Waals surface area contributed by atoms with Gasteiger partial charge in [0.1, 0.15) is 4.34 Å². The van der Waals surface area contributed by atoms with Gasteiger partial charge in [0.15, 0.2) is 0 Å². The van der Waals surface area contributed by atoms with Crippen LogP contribution in [0.3, 0.4) is 0 Å². The zero-order chi connectivity index (χ0) is 10.8. The molecule has 0 spiro atoms. The molecule has 0 saturated heterocycles. The second-order valence-electron chi connectivity index (χ2n) is 3.98. The molecule has 0 radical (unpaired) electrons. The maximum absolute atomic E-state index is 11.1. The summed E-state index contributed by atoms with van der Waals surface area (Å²) in [6.07, 6.45) is 5.89. The summed E-state index contributed by atoms with van der Waals surface area (Å²) in [6, 6.07) is 0. The van der Waals surface area contributed by atoms with Crippen LogP contribution in [0.2, 0.25) is 4.34 Å². The van der Waals surface area contributed by atoms with E-state index in [2.05, 4.69) is 0 Å². The van der Waals surface area contributed by atoms with E-state index in [9.17, 15) is 4.79 Å². The molecule has 1 aliphatic carbocycles. The molecule has 0 aliphatic heterocycles. The van der Waals surface area contributed by atoms with Gasteiger partial charge in [-0.05, 0) is 29.7 Å². The minimum atomic E-state index is -0.887. The third-order valence-corrected chi connectivity index (χ3v) is 4.27. The van der Waals surface area contributed by atoms with Gasteiger partial charge in [-0.2, -0.15) is 0 Å². The second-order valence-corrected chi connectivity index (χ2v) is 5.46. The number of carboxylic acid groups (broad SMARTS) is 1. The van der Waals surface area contributed by atoms with Crippen molar-refractivity contribution < 1.29 is 9.90 Å². The molecular formula is C11H13ClO2S. The third kappa shape index (κ3) is 2.18. The molecule has 0 aromatic carbocycles. The molecule has 0 amide bonds. The highest BCUT2D eigenvalue weighted by molar-refractivity contribution is 7.15. The standard InChI is InChI=1S/C11H13ClO2S/c12-10-9(11(13)14)8(6-15-10)7-4-2-1-3-5-7/h6-7H,1-5H2,(H,13,14). The normalized spacial score (nSPS) is 17.9. The Morgan fingerprint density at radius 3 is 2.67 bits per heavy atom. The number of thiophene rings is 1. The van der Waals surface area contributed by atoms with Gasteiger partial charge in [0, 0.05) is 0 Å². The Kier molecular flexibility index (Phi) is 3.32. The van der Waals surface area contributed by atoms with Crippen LogP contribution in [0.25, 0.3) is 0 Å². The van der Waals surface area contributed by atoms with Gasteiger partial charge in [-0.3, -0.25) is 0 Å². The molecule has 15 heavy (non-hydrogen) atoms. The van der Waals surface area contributed by atoms with Gasteiger partial charge in [-0.15, -0.1) is 11.3 Å². The van der Waals surface area contributed by atoms with Gasteiger partial charge in [0.05, 0.1) is 5.56 Å². The summed E-state index contributed by atoms with van der Waals surface area (Å²) in [5.74, 6) is -0.476. The highest BCUT2D eigenvalue weighted by Crippen LogP contribution is 2.39. The summed E-state index contributed by atoms with van der Waals surface area (Å²) >= 11 is 7.23. The summed E-state index contributed by atoms with van der Waals surface area (Å²) < 4.78 is 0.420. The van der Waals surface area contributed by atoms with Gasteiger partial charge in [0.25, 0.3) is 0 Å². The Bertz CT molecular complexity index is 367. The van der Waals surface area contributed by atoms with E-state index < -0.39 is 5.97 Å². The summed E-state index contributed by atoms with van der Waals surface area (Å²) in [6.45, 7) is 0. The Labute approximate surface area is 97.9 Å². The van der Waals surface area contributed by atoms with Crippen LogP contribution in [0.1, 0.15) is 53.9 Å². The van der Waals surface area contributed by atoms with Crippen molar-refractivity contribution in [2.45, 2.75) is 38.0 Å². The number of carboxylic acids is 1. The van der Waals surface area contributed by atoms with Gasteiger partial charge < -0.3 is 5.11 Å². The lowest BCUT2D eigenvalue weighted by atomic mass is 9.84. The van der Waals surface area contributed by atoms with E-state index in [0.29, 0.717) is 15.8 Å². The van der Waals surface area contributed by atoms with Crippen LogP contribution in [0.4, 0.5) is 0 Å². The first kappa shape index (κ1) is 11.0. The van der Waals surface area contributed by atoms with Gasteiger partial charge in [-0.25, -0.2) is 4.79 Å². The first-order chi connectivity index (χ1) is 7.20. The van der Waals surface area contributed by atoms with Crippen molar-refractivity contribution in [3.8, 4) is 0 Å². The van der Waals surface area contributed by atoms with Gasteiger partial charge in [0.2, 0.25) is 0 Å². The van der Waals surface area contributed by atoms with E-state index in [1.165, 1.54) is 30.6 Å². The molecule has 1 N–H and O–H groups in total. The molecule has 82 valence electrons. The number of aromatic carboxylic acids is 1. The number of rotatable bonds is 2. The maximum Gasteiger partial charge on any atom is 0.338 e. The first-order valence-electron chi connectivity index (χ1n) is 5.20. The van der Waals surface area contributed by atoms with Crippen LogP contribution in [0.15, 0.2) is 5.38 Å². The minimum absolute atomic E-state index is 0.341. The van der Waals surface area contributed by atoms with Crippen LogP contribution in [0.5, 0.6) is 0 Å². The fourth-order valence-corrected chi connectivity index (χ4v) is 3.46. The van der Waals surface area contributed by atoms with Crippen LogP contribution < -0.4 is 0 Å². The van der Waals surface area contributed by atoms with Crippen LogP contribution >= 0.6 is 22.9 Å². The van der Waals surface area contributed by atoms with Crippen LogP contribution in [-0.4, -0.2) is 11.1 Å². The molecule has 1 aromatic heterocycles. The molecule has 2 rings (SSSR count). The average Bonchev–Trinajstić information content (AvgIpc) is 2.61. The van der Waals surface area contributed by atoms with E-state index in [1.54, 1.807) is 0 Å². The molecule has 1 heterocycles. The molecule has 4 heteroatoms. The summed E-state index contributed by atoms with van der Waals surface area (Å²) in [4.78, 5) is 11.1. The van der Waals surface area contributed by atoms with Crippen LogP contribution in [-0.2, 0) is 0 Å². The highest BCUT2D eigenvalue weighted by Gasteiger charge is 2.24. The van der Waals surface area contributed by atoms with Crippen molar-refractivity contribution in [2.24, 2.45) is 0 Å². The van der Waals surface area contributed by atoms with Crippen molar-refractivity contribution in [2.75, 3.05) is 0 Å². The van der Waals surface area contributed by atoms with E-state index in [4.69, 9.17) is 16.7 Å².